The summed E-state index contributed by atoms with van der Waals surface area (Å²) >= 11 is 0. The van der Waals surface area contributed by atoms with Crippen LogP contribution >= 0.6 is 0 Å². The van der Waals surface area contributed by atoms with E-state index in [-0.39, 0.29) is 24.6 Å². The van der Waals surface area contributed by atoms with Crippen LogP contribution in [0.25, 0.3) is 0 Å². The Balaban J connectivity index is 2.69. The predicted molar refractivity (Wildman–Crippen MR) is 60.3 cm³/mol. The largest absolute Gasteiger partial charge is 0.493 e. The van der Waals surface area contributed by atoms with Gasteiger partial charge in [0.2, 0.25) is 5.91 Å². The maximum absolute atomic E-state index is 10.8. The summed E-state index contributed by atoms with van der Waals surface area (Å²) in [5, 5.41) is 10.7. The predicted octanol–water partition coefficient (Wildman–Crippen LogP) is 0.662. The van der Waals surface area contributed by atoms with Gasteiger partial charge in [0.1, 0.15) is 5.75 Å². The normalized spacial score (nSPS) is 9.76. The molecule has 0 fully saturated rings. The number of benzene rings is 1. The smallest absolute Gasteiger partial charge is 0.276 e. The van der Waals surface area contributed by atoms with E-state index in [1.54, 1.807) is 13.0 Å². The summed E-state index contributed by atoms with van der Waals surface area (Å²) in [5.74, 6) is 4.94. The highest BCUT2D eigenvalue weighted by Gasteiger charge is 2.14. The third kappa shape index (κ3) is 3.42. The minimum atomic E-state index is -0.477. The van der Waals surface area contributed by atoms with Crippen LogP contribution in [-0.2, 0) is 4.79 Å². The van der Waals surface area contributed by atoms with E-state index in [2.05, 4.69) is 0 Å². The van der Waals surface area contributed by atoms with E-state index in [1.165, 1.54) is 12.1 Å². The zero-order valence-corrected chi connectivity index (χ0v) is 9.30. The molecule has 0 radical (unpaired) electrons. The van der Waals surface area contributed by atoms with E-state index in [1.807, 2.05) is 5.43 Å². The van der Waals surface area contributed by atoms with Crippen LogP contribution in [-0.4, -0.2) is 17.4 Å². The Morgan fingerprint density at radius 2 is 2.29 bits per heavy atom. The van der Waals surface area contributed by atoms with E-state index in [9.17, 15) is 14.9 Å². The molecule has 0 aliphatic carbocycles. The Hall–Kier alpha value is -2.15. The lowest BCUT2D eigenvalue weighted by molar-refractivity contribution is -0.385. The molecule has 7 nitrogen and oxygen atoms in total. The van der Waals surface area contributed by atoms with Gasteiger partial charge < -0.3 is 4.74 Å². The van der Waals surface area contributed by atoms with Crippen LogP contribution in [0.15, 0.2) is 18.2 Å². The van der Waals surface area contributed by atoms with Gasteiger partial charge in [-0.05, 0) is 13.0 Å². The fourth-order valence-corrected chi connectivity index (χ4v) is 1.28. The summed E-state index contributed by atoms with van der Waals surface area (Å²) in [6.45, 7) is 1.71. The highest BCUT2D eigenvalue weighted by Crippen LogP contribution is 2.26. The van der Waals surface area contributed by atoms with Crippen molar-refractivity contribution in [3.8, 4) is 5.75 Å². The highest BCUT2D eigenvalue weighted by molar-refractivity contribution is 5.75. The third-order valence-electron chi connectivity index (χ3n) is 2.20. The summed E-state index contributed by atoms with van der Waals surface area (Å²) in [7, 11) is 0. The second-order valence-electron chi connectivity index (χ2n) is 3.32. The van der Waals surface area contributed by atoms with Gasteiger partial charge in [-0.2, -0.15) is 0 Å². The van der Waals surface area contributed by atoms with Crippen molar-refractivity contribution in [2.24, 2.45) is 5.84 Å². The zero-order chi connectivity index (χ0) is 12.8. The van der Waals surface area contributed by atoms with Crippen molar-refractivity contribution in [3.05, 3.63) is 33.9 Å². The molecule has 0 aromatic heterocycles. The monoisotopic (exact) mass is 239 g/mol. The molecular formula is C10H13N3O4. The Labute approximate surface area is 97.7 Å². The van der Waals surface area contributed by atoms with Gasteiger partial charge in [0.15, 0.2) is 0 Å². The average Bonchev–Trinajstić information content (AvgIpc) is 2.30. The Morgan fingerprint density at radius 1 is 1.59 bits per heavy atom. The van der Waals surface area contributed by atoms with Crippen LogP contribution in [0.4, 0.5) is 5.69 Å². The number of nitrogens with one attached hydrogen (secondary N) is 1. The molecule has 1 amide bonds. The molecule has 0 atom stereocenters. The molecule has 92 valence electrons. The molecule has 0 heterocycles. The molecule has 1 rings (SSSR count). The second-order valence-corrected chi connectivity index (χ2v) is 3.32. The van der Waals surface area contributed by atoms with Crippen molar-refractivity contribution in [2.75, 3.05) is 6.61 Å². The fourth-order valence-electron chi connectivity index (χ4n) is 1.28. The molecule has 7 heteroatoms. The molecule has 1 aromatic carbocycles. The second kappa shape index (κ2) is 5.80. The quantitative estimate of drug-likeness (QED) is 0.339. The summed E-state index contributed by atoms with van der Waals surface area (Å²) in [4.78, 5) is 21.0. The van der Waals surface area contributed by atoms with Crippen LogP contribution in [0.2, 0.25) is 0 Å². The van der Waals surface area contributed by atoms with Crippen LogP contribution in [0.1, 0.15) is 12.0 Å². The van der Waals surface area contributed by atoms with Crippen LogP contribution in [0.3, 0.4) is 0 Å². The van der Waals surface area contributed by atoms with E-state index in [0.717, 1.165) is 0 Å². The molecule has 0 saturated carbocycles. The van der Waals surface area contributed by atoms with Gasteiger partial charge in [0, 0.05) is 6.07 Å². The number of carbonyl (C=O) groups is 1. The number of nitrogens with two attached hydrogens (primary N) is 1. The van der Waals surface area contributed by atoms with Gasteiger partial charge in [-0.1, -0.05) is 6.07 Å². The van der Waals surface area contributed by atoms with E-state index in [0.29, 0.717) is 11.3 Å². The average molecular weight is 239 g/mol. The van der Waals surface area contributed by atoms with Crippen molar-refractivity contribution in [1.29, 1.82) is 0 Å². The van der Waals surface area contributed by atoms with E-state index in [4.69, 9.17) is 10.6 Å². The highest BCUT2D eigenvalue weighted by atomic mass is 16.6. The van der Waals surface area contributed by atoms with E-state index >= 15 is 0 Å². The molecule has 0 saturated heterocycles. The third-order valence-corrected chi connectivity index (χ3v) is 2.20. The van der Waals surface area contributed by atoms with Crippen molar-refractivity contribution in [1.82, 2.24) is 5.43 Å². The van der Waals surface area contributed by atoms with E-state index < -0.39 is 4.92 Å². The molecule has 0 unspecified atom stereocenters. The van der Waals surface area contributed by atoms with Crippen molar-refractivity contribution in [2.45, 2.75) is 13.3 Å². The molecule has 0 bridgehead atoms. The Morgan fingerprint density at radius 3 is 2.88 bits per heavy atom. The number of amides is 1. The summed E-state index contributed by atoms with van der Waals surface area (Å²) in [6.07, 6.45) is 0.0959. The maximum Gasteiger partial charge on any atom is 0.276 e. The van der Waals surface area contributed by atoms with Gasteiger partial charge >= 0.3 is 0 Å². The first-order valence-electron chi connectivity index (χ1n) is 4.92. The standard InChI is InChI=1S/C10H13N3O4/c1-7-8(13(15)16)3-2-4-9(7)17-6-5-10(14)12-11/h2-4H,5-6,11H2,1H3,(H,12,14). The molecule has 1 aromatic rings. The first-order chi connectivity index (χ1) is 8.06. The van der Waals surface area contributed by atoms with Gasteiger partial charge in [0.05, 0.1) is 23.5 Å². The lowest BCUT2D eigenvalue weighted by Crippen LogP contribution is -2.31. The number of hydrazine groups is 1. The number of rotatable bonds is 5. The molecular weight excluding hydrogens is 226 g/mol. The van der Waals surface area contributed by atoms with Crippen molar-refractivity contribution >= 4 is 11.6 Å². The van der Waals surface area contributed by atoms with Crippen molar-refractivity contribution < 1.29 is 14.5 Å². The van der Waals surface area contributed by atoms with Gasteiger partial charge in [-0.3, -0.25) is 20.3 Å². The summed E-state index contributed by atoms with van der Waals surface area (Å²) < 4.78 is 5.28. The molecule has 0 aliphatic heterocycles. The zero-order valence-electron chi connectivity index (χ0n) is 9.30. The first-order valence-corrected chi connectivity index (χ1v) is 4.92. The fraction of sp³-hybridized carbons (Fsp3) is 0.300. The molecule has 0 spiro atoms. The number of carbonyl (C=O) groups excluding carboxylic acids is 1. The lowest BCUT2D eigenvalue weighted by Gasteiger charge is -2.08. The molecule has 3 N–H and O–H groups in total. The molecule has 17 heavy (non-hydrogen) atoms. The maximum atomic E-state index is 10.8. The number of ether oxygens (including phenoxy) is 1. The Kier molecular flexibility index (Phi) is 4.41. The van der Waals surface area contributed by atoms with Crippen LogP contribution in [0.5, 0.6) is 5.75 Å². The van der Waals surface area contributed by atoms with Gasteiger partial charge in [-0.25, -0.2) is 5.84 Å². The minimum Gasteiger partial charge on any atom is -0.493 e. The molecule has 0 aliphatic rings. The summed E-state index contributed by atoms with van der Waals surface area (Å²) in [5.41, 5.74) is 2.40. The summed E-state index contributed by atoms with van der Waals surface area (Å²) in [6, 6.07) is 4.54. The van der Waals surface area contributed by atoms with Gasteiger partial charge in [0.25, 0.3) is 5.69 Å². The van der Waals surface area contributed by atoms with Gasteiger partial charge in [-0.15, -0.1) is 0 Å². The van der Waals surface area contributed by atoms with Crippen molar-refractivity contribution in [3.63, 3.8) is 0 Å². The SMILES string of the molecule is Cc1c(OCCC(=O)NN)cccc1[N+](=O)[O-]. The minimum absolute atomic E-state index is 0.00854. The van der Waals surface area contributed by atoms with Crippen LogP contribution in [0, 0.1) is 17.0 Å². The van der Waals surface area contributed by atoms with Crippen LogP contribution < -0.4 is 16.0 Å². The number of nitro groups is 1. The number of hydrogen-bond donors (Lipinski definition) is 2. The lowest BCUT2D eigenvalue weighted by atomic mass is 10.2. The Bertz CT molecular complexity index is 434. The topological polar surface area (TPSA) is 107 Å². The number of nitro benzene ring substituents is 1. The number of nitrogens with zero attached hydrogens (tertiary/aromatic N) is 1. The number of hydrogen-bond acceptors (Lipinski definition) is 5. The first kappa shape index (κ1) is 12.9.